The maximum absolute atomic E-state index is 15.3. The standard InChI is InChI=1S/C28H33ClF4N6O3.C6H6.2C2H6.CH3F/c1-26(2,3)42-25(40)39-17-5-7-27(39,10-19(31)32)14-37(13-17)23-18-11-34-22(29)20(33)21(18)35-24(36-23)41-15-28-6-4-8-38(28)12-16(30)9-28;1-2-4-6-5-3-1;3*1-2/h10-11,16-17H,4-9,12-15H2,1-3H3;1-6H;2*1-2H3;1H3/t16-,17?,27?,28-;;;;/m0..../s1. The number of alkyl halides is 2. The summed E-state index contributed by atoms with van der Waals surface area (Å²) in [5.41, 5.74) is -2.82. The van der Waals surface area contributed by atoms with Crippen LogP contribution in [0.25, 0.3) is 10.9 Å². The molecule has 300 valence electrons. The maximum Gasteiger partial charge on any atom is 0.411 e. The minimum Gasteiger partial charge on any atom is -0.461 e. The van der Waals surface area contributed by atoms with Gasteiger partial charge in [-0.1, -0.05) is 75.7 Å². The third-order valence-corrected chi connectivity index (χ3v) is 9.68. The van der Waals surface area contributed by atoms with E-state index in [0.29, 0.717) is 26.6 Å². The number of amides is 1. The summed E-state index contributed by atoms with van der Waals surface area (Å²) in [6.45, 7) is 14.5. The molecule has 1 amide bonds. The number of piperazine rings is 1. The maximum atomic E-state index is 15.3. The predicted octanol–water partition coefficient (Wildman–Crippen LogP) is 9.84. The third-order valence-electron chi connectivity index (χ3n) is 9.42. The molecule has 0 radical (unpaired) electrons. The highest BCUT2D eigenvalue weighted by Gasteiger charge is 2.55. The molecule has 0 spiro atoms. The van der Waals surface area contributed by atoms with Crippen LogP contribution in [0.4, 0.5) is 32.6 Å². The lowest BCUT2D eigenvalue weighted by molar-refractivity contribution is 0.00167. The second-order valence-corrected chi connectivity index (χ2v) is 14.3. The topological polar surface area (TPSA) is 83.9 Å². The van der Waals surface area contributed by atoms with Gasteiger partial charge in [0.15, 0.2) is 11.0 Å². The minimum atomic E-state index is -1.93. The normalized spacial score (nSPS) is 24.0. The molecule has 54 heavy (non-hydrogen) atoms. The second-order valence-electron chi connectivity index (χ2n) is 13.9. The van der Waals surface area contributed by atoms with Crippen LogP contribution in [-0.4, -0.2) is 99.7 Å². The number of nitrogens with zero attached hydrogens (tertiary/aromatic N) is 6. The highest BCUT2D eigenvalue weighted by atomic mass is 35.5. The predicted molar refractivity (Wildman–Crippen MR) is 203 cm³/mol. The van der Waals surface area contributed by atoms with E-state index in [-0.39, 0.29) is 54.0 Å². The number of pyridine rings is 1. The fraction of sp³-hybridized carbons (Fsp3) is 0.590. The van der Waals surface area contributed by atoms with Crippen LogP contribution >= 0.6 is 11.6 Å². The van der Waals surface area contributed by atoms with Crippen molar-refractivity contribution < 1.29 is 36.2 Å². The summed E-state index contributed by atoms with van der Waals surface area (Å²) in [5, 5.41) is -0.164. The van der Waals surface area contributed by atoms with Crippen LogP contribution < -0.4 is 9.64 Å². The lowest BCUT2D eigenvalue weighted by atomic mass is 9.94. The Morgan fingerprint density at radius 2 is 1.65 bits per heavy atom. The number of rotatable bonds is 5. The Morgan fingerprint density at radius 1 is 1.02 bits per heavy atom. The van der Waals surface area contributed by atoms with E-state index in [9.17, 15) is 22.4 Å². The summed E-state index contributed by atoms with van der Waals surface area (Å²) in [5.74, 6) is -0.644. The molecular weight excluding hydrogens is 731 g/mol. The first-order chi connectivity index (χ1) is 25.8. The molecule has 15 heteroatoms. The van der Waals surface area contributed by atoms with Crippen LogP contribution in [-0.2, 0) is 4.74 Å². The molecule has 0 aliphatic carbocycles. The quantitative estimate of drug-likeness (QED) is 0.187. The molecule has 0 saturated carbocycles. The third kappa shape index (κ3) is 10.3. The average molecular weight is 785 g/mol. The van der Waals surface area contributed by atoms with Gasteiger partial charge in [0.1, 0.15) is 29.7 Å². The van der Waals surface area contributed by atoms with Gasteiger partial charge in [0.05, 0.1) is 29.7 Å². The van der Waals surface area contributed by atoms with Gasteiger partial charge in [-0.15, -0.1) is 0 Å². The van der Waals surface area contributed by atoms with Crippen molar-refractivity contribution in [3.8, 4) is 6.01 Å². The number of anilines is 1. The van der Waals surface area contributed by atoms with Crippen LogP contribution in [0, 0.1) is 5.82 Å². The molecule has 7 rings (SSSR count). The first-order valence-electron chi connectivity index (χ1n) is 18.5. The SMILES string of the molecule is CC.CC.CC(C)(C)OC(=O)N1C2CCC1(C=C(F)F)CN(c1nc(OC[C@@]34CCCN3C[C@@H](F)C4)nc3c(F)c(Cl)ncc13)C2.CF.c1ccccc1. The Bertz CT molecular complexity index is 1660. The highest BCUT2D eigenvalue weighted by Crippen LogP contribution is 2.45. The van der Waals surface area contributed by atoms with E-state index < -0.39 is 46.9 Å². The molecule has 3 aromatic rings. The van der Waals surface area contributed by atoms with Gasteiger partial charge in [0.25, 0.3) is 6.08 Å². The molecule has 6 heterocycles. The number of fused-ring (bicyclic) bond motifs is 4. The van der Waals surface area contributed by atoms with Crippen LogP contribution in [0.5, 0.6) is 6.01 Å². The zero-order valence-corrected chi connectivity index (χ0v) is 33.3. The van der Waals surface area contributed by atoms with Gasteiger partial charge < -0.3 is 14.4 Å². The van der Waals surface area contributed by atoms with E-state index in [0.717, 1.165) is 25.5 Å². The summed E-state index contributed by atoms with van der Waals surface area (Å²) >= 11 is 5.99. The zero-order chi connectivity index (χ0) is 40.3. The van der Waals surface area contributed by atoms with Gasteiger partial charge in [0.2, 0.25) is 0 Å². The van der Waals surface area contributed by atoms with Crippen molar-refractivity contribution in [3.63, 3.8) is 0 Å². The molecular formula is C39H54ClF5N6O3. The van der Waals surface area contributed by atoms with Gasteiger partial charge in [-0.3, -0.25) is 14.2 Å². The van der Waals surface area contributed by atoms with Gasteiger partial charge in [-0.05, 0) is 53.0 Å². The first kappa shape index (κ1) is 44.6. The molecule has 4 aliphatic heterocycles. The fourth-order valence-electron chi connectivity index (χ4n) is 7.54. The van der Waals surface area contributed by atoms with Crippen molar-refractivity contribution >= 4 is 34.4 Å². The number of aromatic nitrogens is 3. The Morgan fingerprint density at radius 3 is 2.24 bits per heavy atom. The molecule has 2 unspecified atom stereocenters. The van der Waals surface area contributed by atoms with Gasteiger partial charge >= 0.3 is 12.1 Å². The van der Waals surface area contributed by atoms with Gasteiger partial charge in [0, 0.05) is 38.3 Å². The van der Waals surface area contributed by atoms with Crippen LogP contribution in [0.3, 0.4) is 0 Å². The lowest BCUT2D eigenvalue weighted by Gasteiger charge is -2.47. The van der Waals surface area contributed by atoms with Crippen LogP contribution in [0.15, 0.2) is 54.8 Å². The Labute approximate surface area is 320 Å². The van der Waals surface area contributed by atoms with E-state index in [1.165, 1.54) is 11.1 Å². The van der Waals surface area contributed by atoms with Crippen molar-refractivity contribution in [2.45, 2.75) is 109 Å². The molecule has 9 nitrogen and oxygen atoms in total. The molecule has 4 fully saturated rings. The van der Waals surface area contributed by atoms with E-state index in [4.69, 9.17) is 21.1 Å². The van der Waals surface area contributed by atoms with Crippen molar-refractivity contribution in [3.05, 3.63) is 65.7 Å². The number of hydrogen-bond donors (Lipinski definition) is 0. The minimum absolute atomic E-state index is 0.0584. The van der Waals surface area contributed by atoms with E-state index in [1.807, 2.05) is 64.1 Å². The largest absolute Gasteiger partial charge is 0.461 e. The number of halogens is 6. The van der Waals surface area contributed by atoms with Gasteiger partial charge in [-0.2, -0.15) is 18.7 Å². The summed E-state index contributed by atoms with van der Waals surface area (Å²) in [7, 11) is 0.500. The number of carbonyl (C=O) groups is 1. The lowest BCUT2D eigenvalue weighted by Crippen LogP contribution is -2.63. The second kappa shape index (κ2) is 19.7. The first-order valence-corrected chi connectivity index (χ1v) is 18.9. The molecule has 2 bridgehead atoms. The van der Waals surface area contributed by atoms with Crippen LogP contribution in [0.2, 0.25) is 5.15 Å². The Kier molecular flexibility index (Phi) is 16.3. The van der Waals surface area contributed by atoms with Crippen molar-refractivity contribution in [2.75, 3.05) is 44.9 Å². The fourth-order valence-corrected chi connectivity index (χ4v) is 7.68. The molecule has 4 aliphatic rings. The molecule has 2 aromatic heterocycles. The summed E-state index contributed by atoms with van der Waals surface area (Å²) < 4.78 is 78.5. The monoisotopic (exact) mass is 784 g/mol. The molecule has 1 aromatic carbocycles. The average Bonchev–Trinajstić information content (AvgIpc) is 3.76. The number of carbonyl (C=O) groups excluding carboxylic acids is 1. The van der Waals surface area contributed by atoms with Crippen LogP contribution in [0.1, 0.15) is 80.6 Å². The highest BCUT2D eigenvalue weighted by molar-refractivity contribution is 6.30. The molecule has 0 N–H and O–H groups in total. The molecule has 4 atom stereocenters. The van der Waals surface area contributed by atoms with Crippen molar-refractivity contribution in [1.82, 2.24) is 24.8 Å². The van der Waals surface area contributed by atoms with Gasteiger partial charge in [-0.25, -0.2) is 18.6 Å². The van der Waals surface area contributed by atoms with E-state index in [2.05, 4.69) is 19.9 Å². The van der Waals surface area contributed by atoms with Crippen molar-refractivity contribution in [2.24, 2.45) is 0 Å². The van der Waals surface area contributed by atoms with E-state index in [1.54, 1.807) is 25.7 Å². The van der Waals surface area contributed by atoms with Crippen molar-refractivity contribution in [1.29, 1.82) is 0 Å². The summed E-state index contributed by atoms with van der Waals surface area (Å²) in [6, 6.07) is 11.4. The molecule has 4 saturated heterocycles. The smallest absolute Gasteiger partial charge is 0.411 e. The Hall–Kier alpha value is -3.78. The number of benzene rings is 1. The summed E-state index contributed by atoms with van der Waals surface area (Å²) in [6.07, 6.45) is 1.30. The van der Waals surface area contributed by atoms with E-state index >= 15 is 4.39 Å². The number of ether oxygens (including phenoxy) is 2. The summed E-state index contributed by atoms with van der Waals surface area (Å²) in [4.78, 5) is 31.3. The number of hydrogen-bond acceptors (Lipinski definition) is 8. The zero-order valence-electron chi connectivity index (χ0n) is 32.5. The Balaban J connectivity index is 0.000000574.